The Morgan fingerprint density at radius 3 is 3.00 bits per heavy atom. The second-order valence-electron chi connectivity index (χ2n) is 2.79. The van der Waals surface area contributed by atoms with E-state index in [1.165, 1.54) is 0 Å². The number of halogens is 2. The Balaban J connectivity index is 2.09. The first kappa shape index (κ1) is 10.2. The van der Waals surface area contributed by atoms with Gasteiger partial charge in [0, 0.05) is 6.54 Å². The summed E-state index contributed by atoms with van der Waals surface area (Å²) < 4.78 is 28.1. The van der Waals surface area contributed by atoms with Crippen molar-refractivity contribution < 1.29 is 18.3 Å². The van der Waals surface area contributed by atoms with Crippen LogP contribution in [0.1, 0.15) is 6.42 Å². The van der Waals surface area contributed by atoms with Gasteiger partial charge in [0.1, 0.15) is 6.10 Å². The topological polar surface area (TPSA) is 50.4 Å². The lowest BCUT2D eigenvalue weighted by atomic mass is 10.3. The zero-order valence-electron chi connectivity index (χ0n) is 7.06. The monoisotopic (exact) mass is 194 g/mol. The Labute approximate surface area is 74.6 Å². The van der Waals surface area contributed by atoms with Gasteiger partial charge in [-0.2, -0.15) is 0 Å². The van der Waals surface area contributed by atoms with Crippen LogP contribution in [0.5, 0.6) is 0 Å². The van der Waals surface area contributed by atoms with Crippen LogP contribution in [0.25, 0.3) is 0 Å². The lowest BCUT2D eigenvalue weighted by Crippen LogP contribution is -2.33. The molecular weight excluding hydrogens is 182 g/mol. The second kappa shape index (κ2) is 4.96. The Bertz CT molecular complexity index is 172. The molecule has 4 nitrogen and oxygen atoms in total. The van der Waals surface area contributed by atoms with Crippen molar-refractivity contribution in [2.75, 3.05) is 19.6 Å². The highest BCUT2D eigenvalue weighted by molar-refractivity contribution is 5.67. The molecule has 1 heterocycles. The fraction of sp³-hybridized carbons (Fsp3) is 0.857. The molecule has 6 heteroatoms. The summed E-state index contributed by atoms with van der Waals surface area (Å²) in [5.74, 6) is 0. The first-order valence-corrected chi connectivity index (χ1v) is 4.12. The molecule has 0 saturated carbocycles. The summed E-state index contributed by atoms with van der Waals surface area (Å²) >= 11 is 0. The number of ether oxygens (including phenoxy) is 1. The van der Waals surface area contributed by atoms with Crippen LogP contribution in [-0.4, -0.2) is 38.3 Å². The number of hydrogen-bond donors (Lipinski definition) is 2. The summed E-state index contributed by atoms with van der Waals surface area (Å²) in [5, 5.41) is 4.96. The molecule has 0 bridgehead atoms. The van der Waals surface area contributed by atoms with Gasteiger partial charge in [-0.3, -0.25) is 0 Å². The van der Waals surface area contributed by atoms with E-state index in [2.05, 4.69) is 5.32 Å². The Morgan fingerprint density at radius 1 is 1.69 bits per heavy atom. The van der Waals surface area contributed by atoms with E-state index in [1.54, 1.807) is 0 Å². The third kappa shape index (κ3) is 4.02. The van der Waals surface area contributed by atoms with Crippen LogP contribution in [0.3, 0.4) is 0 Å². The Hall–Kier alpha value is -0.910. The van der Waals surface area contributed by atoms with E-state index in [0.717, 1.165) is 13.0 Å². The van der Waals surface area contributed by atoms with Crippen LogP contribution in [0, 0.1) is 0 Å². The van der Waals surface area contributed by atoms with Crippen molar-refractivity contribution in [3.05, 3.63) is 0 Å². The number of nitrogens with one attached hydrogen (secondary N) is 2. The molecule has 1 saturated heterocycles. The van der Waals surface area contributed by atoms with E-state index in [0.29, 0.717) is 6.54 Å². The largest absolute Gasteiger partial charge is 0.445 e. The van der Waals surface area contributed by atoms with Crippen molar-refractivity contribution in [3.8, 4) is 0 Å². The molecule has 0 aromatic heterocycles. The normalized spacial score (nSPS) is 21.9. The fourth-order valence-corrected chi connectivity index (χ4v) is 1.08. The highest BCUT2D eigenvalue weighted by Crippen LogP contribution is 2.02. The van der Waals surface area contributed by atoms with E-state index in [-0.39, 0.29) is 6.10 Å². The van der Waals surface area contributed by atoms with Crippen LogP contribution in [0.4, 0.5) is 13.6 Å². The van der Waals surface area contributed by atoms with Gasteiger partial charge < -0.3 is 15.4 Å². The second-order valence-corrected chi connectivity index (χ2v) is 2.79. The first-order chi connectivity index (χ1) is 6.18. The standard InChI is InChI=1S/C7H12F2N2O2/c8-6(9)4-11-7(12)13-5-1-2-10-3-5/h5-6,10H,1-4H2,(H,11,12)/t5-/m1/s1. The molecule has 1 rings (SSSR count). The maximum Gasteiger partial charge on any atom is 0.407 e. The van der Waals surface area contributed by atoms with Crippen molar-refractivity contribution >= 4 is 6.09 Å². The zero-order valence-corrected chi connectivity index (χ0v) is 7.06. The minimum absolute atomic E-state index is 0.183. The van der Waals surface area contributed by atoms with Gasteiger partial charge >= 0.3 is 6.09 Å². The first-order valence-electron chi connectivity index (χ1n) is 4.12. The molecule has 0 aromatic rings. The van der Waals surface area contributed by atoms with Crippen LogP contribution >= 0.6 is 0 Å². The maximum atomic E-state index is 11.6. The molecule has 0 aliphatic carbocycles. The van der Waals surface area contributed by atoms with Gasteiger partial charge in [-0.25, -0.2) is 13.6 Å². The van der Waals surface area contributed by atoms with Gasteiger partial charge in [-0.15, -0.1) is 0 Å². The third-order valence-corrected chi connectivity index (χ3v) is 1.69. The Kier molecular flexibility index (Phi) is 3.88. The average Bonchev–Trinajstić information content (AvgIpc) is 2.53. The summed E-state index contributed by atoms with van der Waals surface area (Å²) in [6.07, 6.45) is -2.75. The molecule has 0 radical (unpaired) electrons. The van der Waals surface area contributed by atoms with Crippen molar-refractivity contribution in [2.45, 2.75) is 19.0 Å². The molecule has 1 fully saturated rings. The van der Waals surface area contributed by atoms with Crippen molar-refractivity contribution in [2.24, 2.45) is 0 Å². The van der Waals surface area contributed by atoms with E-state index in [1.807, 2.05) is 5.32 Å². The number of rotatable bonds is 3. The van der Waals surface area contributed by atoms with Crippen LogP contribution in [0.2, 0.25) is 0 Å². The van der Waals surface area contributed by atoms with Gasteiger partial charge in [-0.05, 0) is 13.0 Å². The molecule has 0 unspecified atom stereocenters. The van der Waals surface area contributed by atoms with Crippen LogP contribution in [-0.2, 0) is 4.74 Å². The van der Waals surface area contributed by atoms with Gasteiger partial charge in [0.05, 0.1) is 6.54 Å². The molecule has 13 heavy (non-hydrogen) atoms. The third-order valence-electron chi connectivity index (χ3n) is 1.69. The van der Waals surface area contributed by atoms with Crippen molar-refractivity contribution in [1.82, 2.24) is 10.6 Å². The number of hydrogen-bond acceptors (Lipinski definition) is 3. The lowest BCUT2D eigenvalue weighted by Gasteiger charge is -2.11. The lowest BCUT2D eigenvalue weighted by molar-refractivity contribution is 0.0943. The number of carbonyl (C=O) groups excluding carboxylic acids is 1. The molecule has 1 atom stereocenters. The molecular formula is C7H12F2N2O2. The molecule has 0 spiro atoms. The number of alkyl halides is 2. The highest BCUT2D eigenvalue weighted by atomic mass is 19.3. The minimum atomic E-state index is -2.53. The predicted molar refractivity (Wildman–Crippen MR) is 41.8 cm³/mol. The summed E-state index contributed by atoms with van der Waals surface area (Å²) in [7, 11) is 0. The SMILES string of the molecule is O=C(NCC(F)F)O[C@@H]1CCNC1. The van der Waals surface area contributed by atoms with Crippen molar-refractivity contribution in [1.29, 1.82) is 0 Å². The summed E-state index contributed by atoms with van der Waals surface area (Å²) in [5.41, 5.74) is 0. The molecule has 0 aromatic carbocycles. The maximum absolute atomic E-state index is 11.6. The van der Waals surface area contributed by atoms with Gasteiger partial charge in [0.25, 0.3) is 6.43 Å². The highest BCUT2D eigenvalue weighted by Gasteiger charge is 2.18. The van der Waals surface area contributed by atoms with Gasteiger partial charge in [-0.1, -0.05) is 0 Å². The number of carbonyl (C=O) groups is 1. The van der Waals surface area contributed by atoms with Crippen LogP contribution in [0.15, 0.2) is 0 Å². The predicted octanol–water partition coefficient (Wildman–Crippen LogP) is 0.340. The van der Waals surface area contributed by atoms with Gasteiger partial charge in [0.2, 0.25) is 0 Å². The fourth-order valence-electron chi connectivity index (χ4n) is 1.08. The zero-order chi connectivity index (χ0) is 9.68. The number of alkyl carbamates (subject to hydrolysis) is 1. The summed E-state index contributed by atoms with van der Waals surface area (Å²) in [6, 6.07) is 0. The van der Waals surface area contributed by atoms with E-state index < -0.39 is 19.1 Å². The van der Waals surface area contributed by atoms with E-state index >= 15 is 0 Å². The smallest absolute Gasteiger partial charge is 0.407 e. The summed E-state index contributed by atoms with van der Waals surface area (Å²) in [6.45, 7) is 0.744. The average molecular weight is 194 g/mol. The summed E-state index contributed by atoms with van der Waals surface area (Å²) in [4.78, 5) is 10.8. The molecule has 2 N–H and O–H groups in total. The van der Waals surface area contributed by atoms with E-state index in [4.69, 9.17) is 4.74 Å². The quantitative estimate of drug-likeness (QED) is 0.681. The molecule has 1 amide bonds. The number of amides is 1. The molecule has 76 valence electrons. The molecule has 1 aliphatic rings. The van der Waals surface area contributed by atoms with Crippen molar-refractivity contribution in [3.63, 3.8) is 0 Å². The van der Waals surface area contributed by atoms with E-state index in [9.17, 15) is 13.6 Å². The Morgan fingerprint density at radius 2 is 2.46 bits per heavy atom. The van der Waals surface area contributed by atoms with Gasteiger partial charge in [0.15, 0.2) is 0 Å². The van der Waals surface area contributed by atoms with Crippen LogP contribution < -0.4 is 10.6 Å². The minimum Gasteiger partial charge on any atom is -0.445 e. The molecule has 1 aliphatic heterocycles.